The molecule has 0 N–H and O–H groups in total. The normalized spacial score (nSPS) is 16.6. The summed E-state index contributed by atoms with van der Waals surface area (Å²) in [5.41, 5.74) is 18.2. The van der Waals surface area contributed by atoms with Crippen LogP contribution in [0, 0.1) is 0 Å². The third-order valence-corrected chi connectivity index (χ3v) is 13.5. The summed E-state index contributed by atoms with van der Waals surface area (Å²) >= 11 is 0. The van der Waals surface area contributed by atoms with Gasteiger partial charge in [-0.25, -0.2) is 0 Å². The molecule has 0 saturated heterocycles. The van der Waals surface area contributed by atoms with E-state index in [2.05, 4.69) is 167 Å². The Bertz CT molecular complexity index is 3370. The van der Waals surface area contributed by atoms with Crippen LogP contribution in [0.2, 0.25) is 0 Å². The van der Waals surface area contributed by atoms with Crippen LogP contribution in [-0.2, 0) is 10.8 Å². The average Bonchev–Trinajstić information content (AvgIpc) is 3.97. The monoisotopic (exact) mass is 738 g/mol. The van der Waals surface area contributed by atoms with Gasteiger partial charge < -0.3 is 9.30 Å². The van der Waals surface area contributed by atoms with Crippen LogP contribution in [0.5, 0.6) is 11.5 Å². The molecule has 0 fully saturated rings. The van der Waals surface area contributed by atoms with Gasteiger partial charge in [0, 0.05) is 39.9 Å². The largest absolute Gasteiger partial charge is 0.457 e. The topological polar surface area (TPSA) is 52.8 Å². The molecule has 5 heteroatoms. The second-order valence-electron chi connectivity index (χ2n) is 15.9. The number of ether oxygens (including phenoxy) is 1. The van der Waals surface area contributed by atoms with Crippen molar-refractivity contribution in [1.82, 2.24) is 19.5 Å². The van der Waals surface area contributed by atoms with E-state index in [1.54, 1.807) is 0 Å². The van der Waals surface area contributed by atoms with E-state index in [1.807, 2.05) is 24.8 Å². The molecule has 6 aromatic carbocycles. The molecule has 5 heterocycles. The van der Waals surface area contributed by atoms with Crippen LogP contribution in [0.4, 0.5) is 0 Å². The first-order chi connectivity index (χ1) is 28.8. The molecular formula is C53H30N4O. The van der Waals surface area contributed by atoms with Crippen LogP contribution in [0.3, 0.4) is 0 Å². The number of benzene rings is 6. The lowest BCUT2D eigenvalue weighted by atomic mass is 9.65. The molecule has 4 aromatic heterocycles. The van der Waals surface area contributed by atoms with E-state index < -0.39 is 10.8 Å². The number of hydrogen-bond donors (Lipinski definition) is 0. The summed E-state index contributed by atoms with van der Waals surface area (Å²) in [6.45, 7) is 0. The van der Waals surface area contributed by atoms with Gasteiger partial charge in [-0.2, -0.15) is 0 Å². The Labute approximate surface area is 333 Å². The SMILES string of the molecule is c1ccc2c(c1)Oc1cc3c(cc1C21c2cccnc2-c2ncc(-n4c5ccccc5c5ccncc54)cc21)-c1ccccc1C31c2ccccc2-c2ccccc21. The van der Waals surface area contributed by atoms with Crippen molar-refractivity contribution in [2.24, 2.45) is 0 Å². The fourth-order valence-electron chi connectivity index (χ4n) is 11.4. The molecule has 14 rings (SSSR count). The highest BCUT2D eigenvalue weighted by Crippen LogP contribution is 2.67. The summed E-state index contributed by atoms with van der Waals surface area (Å²) in [6.07, 6.45) is 7.72. The van der Waals surface area contributed by atoms with Crippen LogP contribution in [0.1, 0.15) is 44.5 Å². The van der Waals surface area contributed by atoms with E-state index in [0.29, 0.717) is 0 Å². The van der Waals surface area contributed by atoms with Crippen molar-refractivity contribution in [3.8, 4) is 50.8 Å². The summed E-state index contributed by atoms with van der Waals surface area (Å²) in [4.78, 5) is 15.0. The zero-order chi connectivity index (χ0) is 37.7. The Morgan fingerprint density at radius 3 is 1.81 bits per heavy atom. The van der Waals surface area contributed by atoms with Crippen molar-refractivity contribution in [3.63, 3.8) is 0 Å². The number of pyridine rings is 3. The summed E-state index contributed by atoms with van der Waals surface area (Å²) in [5, 5.41) is 2.34. The molecular weight excluding hydrogens is 709 g/mol. The molecule has 4 aliphatic rings. The minimum atomic E-state index is -0.770. The number of rotatable bonds is 1. The van der Waals surface area contributed by atoms with Gasteiger partial charge in [0.2, 0.25) is 0 Å². The molecule has 1 aliphatic heterocycles. The predicted molar refractivity (Wildman–Crippen MR) is 228 cm³/mol. The van der Waals surface area contributed by atoms with Gasteiger partial charge in [-0.3, -0.25) is 15.0 Å². The lowest BCUT2D eigenvalue weighted by Gasteiger charge is -2.40. The zero-order valence-electron chi connectivity index (χ0n) is 31.0. The number of hydrogen-bond acceptors (Lipinski definition) is 4. The second kappa shape index (κ2) is 10.6. The Morgan fingerprint density at radius 1 is 0.397 bits per heavy atom. The maximum Gasteiger partial charge on any atom is 0.132 e. The van der Waals surface area contributed by atoms with Crippen LogP contribution in [0.25, 0.3) is 61.1 Å². The Hall–Kier alpha value is -7.63. The summed E-state index contributed by atoms with van der Waals surface area (Å²) < 4.78 is 9.46. The minimum Gasteiger partial charge on any atom is -0.457 e. The second-order valence-corrected chi connectivity index (χ2v) is 15.9. The number of aromatic nitrogens is 4. The standard InChI is InChI=1S/C53H30N4O/c1-5-16-38-32(12-1)33-13-2-6-17-39(33)52(38)40-18-7-3-14-34(40)37-27-44-49(28-43(37)52)58-48-22-10-8-19-41(48)53(44)42-20-11-24-55-50(42)51-45(53)26-31(29-56-51)57-46-21-9-4-15-35(46)36-23-25-54-30-47(36)57/h1-30H. The average molecular weight is 739 g/mol. The molecule has 58 heavy (non-hydrogen) atoms. The third kappa shape index (κ3) is 3.41. The van der Waals surface area contributed by atoms with Crippen LogP contribution >= 0.6 is 0 Å². The zero-order valence-corrected chi connectivity index (χ0v) is 31.0. The van der Waals surface area contributed by atoms with Gasteiger partial charge in [0.1, 0.15) is 11.5 Å². The molecule has 1 unspecified atom stereocenters. The van der Waals surface area contributed by atoms with Gasteiger partial charge in [-0.05, 0) is 92.5 Å². The highest BCUT2D eigenvalue weighted by atomic mass is 16.5. The first-order valence-corrected chi connectivity index (χ1v) is 19.8. The summed E-state index contributed by atoms with van der Waals surface area (Å²) in [7, 11) is 0. The number of nitrogens with zero attached hydrogens (tertiary/aromatic N) is 4. The van der Waals surface area contributed by atoms with Gasteiger partial charge in [0.25, 0.3) is 0 Å². The van der Waals surface area contributed by atoms with Crippen molar-refractivity contribution in [2.45, 2.75) is 10.8 Å². The van der Waals surface area contributed by atoms with E-state index in [4.69, 9.17) is 14.7 Å². The van der Waals surface area contributed by atoms with E-state index in [-0.39, 0.29) is 0 Å². The number of fused-ring (bicyclic) bond motifs is 22. The Kier molecular flexibility index (Phi) is 5.59. The van der Waals surface area contributed by atoms with Crippen molar-refractivity contribution in [1.29, 1.82) is 0 Å². The van der Waals surface area contributed by atoms with Gasteiger partial charge in [-0.1, -0.05) is 115 Å². The number of para-hydroxylation sites is 2. The Balaban J connectivity index is 1.11. The van der Waals surface area contributed by atoms with Crippen LogP contribution < -0.4 is 4.74 Å². The molecule has 5 nitrogen and oxygen atoms in total. The molecule has 0 amide bonds. The third-order valence-electron chi connectivity index (χ3n) is 13.5. The molecule has 1 atom stereocenters. The lowest BCUT2D eigenvalue weighted by Crippen LogP contribution is -2.33. The molecule has 0 bridgehead atoms. The van der Waals surface area contributed by atoms with Crippen molar-refractivity contribution >= 4 is 21.8 Å². The van der Waals surface area contributed by atoms with Crippen molar-refractivity contribution in [3.05, 3.63) is 227 Å². The highest BCUT2D eigenvalue weighted by molar-refractivity contribution is 6.09. The molecule has 0 saturated carbocycles. The maximum absolute atomic E-state index is 7.16. The van der Waals surface area contributed by atoms with Gasteiger partial charge in [0.15, 0.2) is 0 Å². The first kappa shape index (κ1) is 30.6. The summed E-state index contributed by atoms with van der Waals surface area (Å²) in [5.74, 6) is 1.68. The minimum absolute atomic E-state index is 0.492. The summed E-state index contributed by atoms with van der Waals surface area (Å²) in [6, 6.07) is 57.6. The van der Waals surface area contributed by atoms with E-state index in [9.17, 15) is 0 Å². The van der Waals surface area contributed by atoms with Crippen LogP contribution in [0.15, 0.2) is 183 Å². The maximum atomic E-state index is 7.16. The predicted octanol–water partition coefficient (Wildman–Crippen LogP) is 11.8. The fraction of sp³-hybridized carbons (Fsp3) is 0.0377. The molecule has 3 aliphatic carbocycles. The van der Waals surface area contributed by atoms with E-state index >= 15 is 0 Å². The molecule has 2 spiro atoms. The van der Waals surface area contributed by atoms with E-state index in [1.165, 1.54) is 49.9 Å². The lowest BCUT2D eigenvalue weighted by molar-refractivity contribution is 0.435. The smallest absolute Gasteiger partial charge is 0.132 e. The molecule has 10 aromatic rings. The first-order valence-electron chi connectivity index (χ1n) is 19.8. The van der Waals surface area contributed by atoms with Crippen LogP contribution in [-0.4, -0.2) is 19.5 Å². The van der Waals surface area contributed by atoms with Gasteiger partial charge >= 0.3 is 0 Å². The molecule has 0 radical (unpaired) electrons. The molecule has 268 valence electrons. The van der Waals surface area contributed by atoms with Gasteiger partial charge in [-0.15, -0.1) is 0 Å². The Morgan fingerprint density at radius 2 is 1.02 bits per heavy atom. The van der Waals surface area contributed by atoms with Crippen molar-refractivity contribution < 1.29 is 4.74 Å². The van der Waals surface area contributed by atoms with Gasteiger partial charge in [0.05, 0.1) is 51.3 Å². The highest BCUT2D eigenvalue weighted by Gasteiger charge is 2.56. The fourth-order valence-corrected chi connectivity index (χ4v) is 11.4. The van der Waals surface area contributed by atoms with E-state index in [0.717, 1.165) is 67.2 Å². The quantitative estimate of drug-likeness (QED) is 0.168. The van der Waals surface area contributed by atoms with Crippen molar-refractivity contribution in [2.75, 3.05) is 0 Å².